The molecule has 0 saturated carbocycles. The van der Waals surface area contributed by atoms with E-state index in [2.05, 4.69) is 0 Å². The van der Waals surface area contributed by atoms with Crippen LogP contribution >= 0.6 is 0 Å². The van der Waals surface area contributed by atoms with Crippen molar-refractivity contribution in [3.63, 3.8) is 0 Å². The average molecular weight is 267 g/mol. The van der Waals surface area contributed by atoms with Gasteiger partial charge in [0.1, 0.15) is 5.75 Å². The van der Waals surface area contributed by atoms with E-state index in [9.17, 15) is 9.90 Å². The first-order chi connectivity index (χ1) is 8.85. The lowest BCUT2D eigenvalue weighted by Gasteiger charge is -2.22. The lowest BCUT2D eigenvalue weighted by molar-refractivity contribution is -0.138. The van der Waals surface area contributed by atoms with Crippen molar-refractivity contribution in [2.75, 3.05) is 27.2 Å². The fraction of sp³-hybridized carbons (Fsp3) is 0.500. The van der Waals surface area contributed by atoms with Crippen LogP contribution in [0.4, 0.5) is 0 Å². The molecule has 1 atom stereocenters. The molecule has 19 heavy (non-hydrogen) atoms. The van der Waals surface area contributed by atoms with E-state index in [1.165, 1.54) is 0 Å². The second-order valence-corrected chi connectivity index (χ2v) is 4.81. The molecule has 1 rings (SSSR count). The molecule has 1 aromatic rings. The highest BCUT2D eigenvalue weighted by atomic mass is 16.5. The molecule has 5 nitrogen and oxygen atoms in total. The van der Waals surface area contributed by atoms with Crippen molar-refractivity contribution in [3.8, 4) is 5.75 Å². The third kappa shape index (κ3) is 4.22. The van der Waals surface area contributed by atoms with E-state index >= 15 is 0 Å². The second-order valence-electron chi connectivity index (χ2n) is 4.81. The highest BCUT2D eigenvalue weighted by Crippen LogP contribution is 2.30. The third-order valence-corrected chi connectivity index (χ3v) is 2.90. The van der Waals surface area contributed by atoms with E-state index in [0.29, 0.717) is 11.3 Å². The van der Waals surface area contributed by atoms with E-state index in [1.54, 1.807) is 19.1 Å². The van der Waals surface area contributed by atoms with Crippen LogP contribution < -0.4 is 4.74 Å². The van der Waals surface area contributed by atoms with Crippen molar-refractivity contribution in [1.29, 1.82) is 0 Å². The van der Waals surface area contributed by atoms with Gasteiger partial charge in [-0.15, -0.1) is 0 Å². The van der Waals surface area contributed by atoms with E-state index in [0.717, 1.165) is 11.1 Å². The summed E-state index contributed by atoms with van der Waals surface area (Å²) >= 11 is 0. The van der Waals surface area contributed by atoms with Crippen LogP contribution in [-0.4, -0.2) is 48.3 Å². The Morgan fingerprint density at radius 2 is 2.05 bits per heavy atom. The zero-order valence-electron chi connectivity index (χ0n) is 11.8. The Hall–Kier alpha value is -1.59. The van der Waals surface area contributed by atoms with E-state index in [-0.39, 0.29) is 13.1 Å². The monoisotopic (exact) mass is 267 g/mol. The molecule has 0 spiro atoms. The zero-order valence-corrected chi connectivity index (χ0v) is 11.8. The van der Waals surface area contributed by atoms with Crippen molar-refractivity contribution in [1.82, 2.24) is 4.90 Å². The molecule has 0 amide bonds. The molecule has 0 aliphatic rings. The number of likely N-dealkylation sites (N-methyl/N-ethyl adjacent to an activating group) is 1. The maximum absolute atomic E-state index is 10.6. The molecule has 0 aromatic heterocycles. The van der Waals surface area contributed by atoms with Crippen LogP contribution in [-0.2, 0) is 4.79 Å². The predicted octanol–water partition coefficient (Wildman–Crippen LogP) is 1.36. The van der Waals surface area contributed by atoms with Crippen LogP contribution in [0.2, 0.25) is 0 Å². The fourth-order valence-electron chi connectivity index (χ4n) is 2.20. The normalized spacial score (nSPS) is 12.5. The molecule has 2 N–H and O–H groups in total. The first-order valence-electron chi connectivity index (χ1n) is 6.08. The minimum Gasteiger partial charge on any atom is -0.496 e. The number of methoxy groups -OCH3 is 1. The SMILES string of the molecule is COc1c(C)cc(C)cc1C(O)CN(C)CC(=O)O. The Labute approximate surface area is 113 Å². The van der Waals surface area contributed by atoms with Gasteiger partial charge in [0.05, 0.1) is 19.8 Å². The van der Waals surface area contributed by atoms with Crippen LogP contribution in [0.3, 0.4) is 0 Å². The summed E-state index contributed by atoms with van der Waals surface area (Å²) in [6.45, 7) is 4.00. The van der Waals surface area contributed by atoms with Gasteiger partial charge >= 0.3 is 5.97 Å². The number of hydrogen-bond donors (Lipinski definition) is 2. The summed E-state index contributed by atoms with van der Waals surface area (Å²) in [4.78, 5) is 12.2. The Kier molecular flexibility index (Phi) is 5.32. The average Bonchev–Trinajstić information content (AvgIpc) is 2.26. The standard InChI is InChI=1S/C14H21NO4/c1-9-5-10(2)14(19-4)11(6-9)12(16)7-15(3)8-13(17)18/h5-6,12,16H,7-8H2,1-4H3,(H,17,18). The number of benzene rings is 1. The van der Waals surface area contributed by atoms with Gasteiger partial charge in [0.15, 0.2) is 0 Å². The van der Waals surface area contributed by atoms with Crippen molar-refractivity contribution < 1.29 is 19.7 Å². The van der Waals surface area contributed by atoms with Gasteiger partial charge < -0.3 is 14.9 Å². The van der Waals surface area contributed by atoms with Crippen molar-refractivity contribution in [2.24, 2.45) is 0 Å². The molecule has 0 aliphatic heterocycles. The highest BCUT2D eigenvalue weighted by Gasteiger charge is 2.18. The summed E-state index contributed by atoms with van der Waals surface area (Å²) in [6, 6.07) is 3.85. The summed E-state index contributed by atoms with van der Waals surface area (Å²) in [7, 11) is 3.22. The summed E-state index contributed by atoms with van der Waals surface area (Å²) in [5, 5.41) is 19.0. The Morgan fingerprint density at radius 1 is 1.42 bits per heavy atom. The van der Waals surface area contributed by atoms with Crippen molar-refractivity contribution in [2.45, 2.75) is 20.0 Å². The van der Waals surface area contributed by atoms with Crippen LogP contribution in [0.1, 0.15) is 22.8 Å². The molecule has 5 heteroatoms. The summed E-state index contributed by atoms with van der Waals surface area (Å²) in [5.74, 6) is -0.260. The van der Waals surface area contributed by atoms with Crippen molar-refractivity contribution >= 4 is 5.97 Å². The van der Waals surface area contributed by atoms with Gasteiger partial charge in [0.2, 0.25) is 0 Å². The van der Waals surface area contributed by atoms with E-state index in [4.69, 9.17) is 9.84 Å². The topological polar surface area (TPSA) is 70.0 Å². The van der Waals surface area contributed by atoms with E-state index < -0.39 is 12.1 Å². The summed E-state index contributed by atoms with van der Waals surface area (Å²) in [6.07, 6.45) is -0.780. The molecule has 0 bridgehead atoms. The van der Waals surface area contributed by atoms with Gasteiger partial charge in [-0.2, -0.15) is 0 Å². The van der Waals surface area contributed by atoms with Crippen molar-refractivity contribution in [3.05, 3.63) is 28.8 Å². The Balaban J connectivity index is 2.92. The summed E-state index contributed by atoms with van der Waals surface area (Å²) in [5.41, 5.74) is 2.68. The molecule has 1 aromatic carbocycles. The highest BCUT2D eigenvalue weighted by molar-refractivity contribution is 5.69. The van der Waals surface area contributed by atoms with Gasteiger partial charge in [-0.25, -0.2) is 0 Å². The predicted molar refractivity (Wildman–Crippen MR) is 72.6 cm³/mol. The van der Waals surface area contributed by atoms with Gasteiger partial charge in [-0.05, 0) is 32.5 Å². The van der Waals surface area contributed by atoms with Crippen LogP contribution in [0.5, 0.6) is 5.75 Å². The van der Waals surface area contributed by atoms with Crippen LogP contribution in [0, 0.1) is 13.8 Å². The molecular weight excluding hydrogens is 246 g/mol. The van der Waals surface area contributed by atoms with E-state index in [1.807, 2.05) is 26.0 Å². The number of aliphatic hydroxyl groups is 1. The first kappa shape index (κ1) is 15.5. The first-order valence-corrected chi connectivity index (χ1v) is 6.08. The number of ether oxygens (including phenoxy) is 1. The molecule has 0 aliphatic carbocycles. The minimum atomic E-state index is -0.915. The minimum absolute atomic E-state index is 0.107. The molecule has 0 heterocycles. The zero-order chi connectivity index (χ0) is 14.6. The maximum atomic E-state index is 10.6. The number of aryl methyl sites for hydroxylation is 2. The third-order valence-electron chi connectivity index (χ3n) is 2.90. The Bertz CT molecular complexity index is 459. The van der Waals surface area contributed by atoms with Crippen LogP contribution in [0.25, 0.3) is 0 Å². The number of carboxylic acids is 1. The number of carboxylic acid groups (broad SMARTS) is 1. The molecule has 0 saturated heterocycles. The van der Waals surface area contributed by atoms with Crippen LogP contribution in [0.15, 0.2) is 12.1 Å². The number of carbonyl (C=O) groups is 1. The molecular formula is C14H21NO4. The number of hydrogen-bond acceptors (Lipinski definition) is 4. The number of aliphatic carboxylic acids is 1. The smallest absolute Gasteiger partial charge is 0.317 e. The number of aliphatic hydroxyl groups excluding tert-OH is 1. The molecule has 106 valence electrons. The lowest BCUT2D eigenvalue weighted by atomic mass is 10.0. The second kappa shape index (κ2) is 6.54. The van der Waals surface area contributed by atoms with Gasteiger partial charge in [0, 0.05) is 12.1 Å². The van der Waals surface area contributed by atoms with Gasteiger partial charge in [0.25, 0.3) is 0 Å². The molecule has 0 radical (unpaired) electrons. The maximum Gasteiger partial charge on any atom is 0.317 e. The Morgan fingerprint density at radius 3 is 2.58 bits per heavy atom. The summed E-state index contributed by atoms with van der Waals surface area (Å²) < 4.78 is 5.32. The quantitative estimate of drug-likeness (QED) is 0.814. The van der Waals surface area contributed by atoms with Gasteiger partial charge in [-0.1, -0.05) is 11.6 Å². The fourth-order valence-corrected chi connectivity index (χ4v) is 2.20. The number of rotatable bonds is 6. The molecule has 0 fully saturated rings. The lowest BCUT2D eigenvalue weighted by Crippen LogP contribution is -2.30. The largest absolute Gasteiger partial charge is 0.496 e. The molecule has 1 unspecified atom stereocenters. The number of nitrogens with zero attached hydrogens (tertiary/aromatic N) is 1. The van der Waals surface area contributed by atoms with Gasteiger partial charge in [-0.3, -0.25) is 9.69 Å².